The molecular weight excluding hydrogens is 1060 g/mol. The molecule has 0 unspecified atom stereocenters. The molecule has 448 valence electrons. The van der Waals surface area contributed by atoms with Gasteiger partial charge in [0.15, 0.2) is 0 Å². The molecule has 0 radical (unpaired) electrons. The number of benzene rings is 10. The summed E-state index contributed by atoms with van der Waals surface area (Å²) in [5, 5.41) is 0. The molecule has 0 aliphatic rings. The van der Waals surface area contributed by atoms with Gasteiger partial charge in [-0.2, -0.15) is 0 Å². The van der Waals surface area contributed by atoms with Crippen LogP contribution in [0, 0.1) is 166 Å². The highest BCUT2D eigenvalue weighted by molar-refractivity contribution is 7.00. The normalized spacial score (nSPS) is 11.4. The third-order valence-corrected chi connectivity index (χ3v) is 20.0. The fourth-order valence-electron chi connectivity index (χ4n) is 17.7. The van der Waals surface area contributed by atoms with Gasteiger partial charge < -0.3 is 0 Å². The maximum Gasteiger partial charge on any atom is 0.242 e. The number of hydrogen-bond donors (Lipinski definition) is 0. The molecule has 0 N–H and O–H groups in total. The largest absolute Gasteiger partial charge is 0.242 e. The Morgan fingerprint density at radius 2 is 0.270 bits per heavy atom. The van der Waals surface area contributed by atoms with Crippen molar-refractivity contribution in [2.75, 3.05) is 0 Å². The van der Waals surface area contributed by atoms with Crippen molar-refractivity contribution in [3.05, 3.63) is 278 Å². The Labute approximate surface area is 539 Å². The van der Waals surface area contributed by atoms with Gasteiger partial charge >= 0.3 is 0 Å². The van der Waals surface area contributed by atoms with Crippen LogP contribution in [0.1, 0.15) is 145 Å². The highest BCUT2D eigenvalue weighted by atomic mass is 14.2. The minimum atomic E-state index is -0.0217. The van der Waals surface area contributed by atoms with Gasteiger partial charge in [0, 0.05) is 0 Å². The summed E-state index contributed by atoms with van der Waals surface area (Å²) in [6.07, 6.45) is 0.742. The molecule has 0 amide bonds. The molecule has 0 heterocycles. The van der Waals surface area contributed by atoms with Gasteiger partial charge in [0.25, 0.3) is 0 Å². The molecule has 0 saturated carbocycles. The van der Waals surface area contributed by atoms with Crippen molar-refractivity contribution in [2.45, 2.75) is 173 Å². The maximum atomic E-state index is 2.65. The van der Waals surface area contributed by atoms with Crippen LogP contribution in [-0.2, 0) is 6.42 Å². The monoisotopic (exact) mass is 1160 g/mol. The van der Waals surface area contributed by atoms with Crippen molar-refractivity contribution < 1.29 is 0 Å². The average Bonchev–Trinajstić information content (AvgIpc) is 0.780. The molecule has 0 saturated heterocycles. The first-order valence-corrected chi connectivity index (χ1v) is 32.9. The first-order valence-electron chi connectivity index (χ1n) is 32.9. The summed E-state index contributed by atoms with van der Waals surface area (Å²) in [4.78, 5) is 0. The van der Waals surface area contributed by atoms with Crippen molar-refractivity contribution in [1.29, 1.82) is 0 Å². The van der Waals surface area contributed by atoms with Crippen molar-refractivity contribution >= 4 is 92.4 Å². The molecule has 0 atom stereocenters. The zero-order valence-corrected chi connectivity index (χ0v) is 58.7. The van der Waals surface area contributed by atoms with Crippen LogP contribution in [0.5, 0.6) is 0 Å². The van der Waals surface area contributed by atoms with Crippen LogP contribution >= 0.6 is 0 Å². The molecule has 0 bridgehead atoms. The SMILES string of the molecule is Cc1cc(C)c(B(c2cc(Cc3cc(B(c4c(C)cc(C)cc4C)c4c(C)cc(C)cc4C)cc(B(c4c(C)cc(C)cc4C)c4c(C)cc(C)cc4C)c3)cc(B(c3c(C)cc(C)cc3C)c3c(C)cc(C)cc3C)c2)c2c(C)cc(C)cc2C)c(C)c1. The summed E-state index contributed by atoms with van der Waals surface area (Å²) < 4.78 is 0. The van der Waals surface area contributed by atoms with E-state index in [0.717, 1.165) is 6.42 Å². The Bertz CT molecular complexity index is 3500. The summed E-state index contributed by atoms with van der Waals surface area (Å²) in [6.45, 7) is 55.7. The fraction of sp³-hybridized carbons (Fsp3) is 0.294. The van der Waals surface area contributed by atoms with Gasteiger partial charge in [-0.25, -0.2) is 0 Å². The molecule has 10 aromatic carbocycles. The maximum absolute atomic E-state index is 2.65. The van der Waals surface area contributed by atoms with Crippen LogP contribution in [0.4, 0.5) is 0 Å². The van der Waals surface area contributed by atoms with Crippen molar-refractivity contribution in [3.63, 3.8) is 0 Å². The summed E-state index contributed by atoms with van der Waals surface area (Å²) in [5.74, 6) is 0. The van der Waals surface area contributed by atoms with E-state index < -0.39 is 0 Å². The van der Waals surface area contributed by atoms with Crippen LogP contribution in [0.2, 0.25) is 0 Å². The zero-order chi connectivity index (χ0) is 64.5. The van der Waals surface area contributed by atoms with E-state index in [-0.39, 0.29) is 26.9 Å². The van der Waals surface area contributed by atoms with E-state index in [1.54, 1.807) is 0 Å². The third kappa shape index (κ3) is 12.8. The van der Waals surface area contributed by atoms with E-state index in [1.807, 2.05) is 0 Å². The van der Waals surface area contributed by atoms with E-state index in [0.29, 0.717) is 0 Å². The standard InChI is InChI=1S/C85H96B4/c1-48-25-56(9)78(57(10)26-48)86(79-58(11)27-49(2)28-59(79)12)74-42-72(43-75(46-74)87(80-60(13)29-50(3)30-61(80)14)81-62(15)31-51(4)32-63(81)16)41-73-44-76(88(82-64(17)33-52(5)34-65(82)18)83-66(19)35-53(6)36-67(83)20)47-77(45-73)89(84-68(21)37-54(7)38-69(84)22)85-70(23)39-55(8)40-71(85)24/h25-40,42-47H,41H2,1-24H3. The molecule has 0 aliphatic heterocycles. The van der Waals surface area contributed by atoms with Gasteiger partial charge in [-0.1, -0.05) is 333 Å². The number of rotatable bonds is 14. The lowest BCUT2D eigenvalue weighted by atomic mass is 9.31. The Morgan fingerprint density at radius 3 is 0.382 bits per heavy atom. The summed E-state index contributed by atoms with van der Waals surface area (Å²) in [5.41, 5.74) is 51.2. The van der Waals surface area contributed by atoms with Gasteiger partial charge in [-0.3, -0.25) is 0 Å². The predicted octanol–water partition coefficient (Wildman–Crippen LogP) is 12.7. The first kappa shape index (κ1) is 64.4. The quantitative estimate of drug-likeness (QED) is 0.0952. The lowest BCUT2D eigenvalue weighted by molar-refractivity contribution is 1.21. The molecule has 10 rings (SSSR count). The smallest absolute Gasteiger partial charge is 0.0716 e. The Hall–Kier alpha value is -7.54. The van der Waals surface area contributed by atoms with E-state index in [2.05, 4.69) is 300 Å². The second kappa shape index (κ2) is 25.4. The summed E-state index contributed by atoms with van der Waals surface area (Å²) in [7, 11) is 0. The minimum Gasteiger partial charge on any atom is -0.0716 e. The van der Waals surface area contributed by atoms with Gasteiger partial charge in [-0.05, 0) is 184 Å². The van der Waals surface area contributed by atoms with Gasteiger partial charge in [0.1, 0.15) is 0 Å². The lowest BCUT2D eigenvalue weighted by Gasteiger charge is -2.29. The Morgan fingerprint density at radius 1 is 0.157 bits per heavy atom. The highest BCUT2D eigenvalue weighted by Crippen LogP contribution is 2.22. The van der Waals surface area contributed by atoms with Crippen LogP contribution < -0.4 is 65.6 Å². The Kier molecular flexibility index (Phi) is 18.4. The van der Waals surface area contributed by atoms with Crippen molar-refractivity contribution in [3.8, 4) is 0 Å². The number of aryl methyl sites for hydroxylation is 24. The minimum absolute atomic E-state index is 0.0217. The lowest BCUT2D eigenvalue weighted by Crippen LogP contribution is -2.60. The zero-order valence-electron chi connectivity index (χ0n) is 58.7. The van der Waals surface area contributed by atoms with Crippen molar-refractivity contribution in [1.82, 2.24) is 0 Å². The van der Waals surface area contributed by atoms with Crippen LogP contribution in [-0.4, -0.2) is 26.9 Å². The molecule has 0 fully saturated rings. The van der Waals surface area contributed by atoms with Gasteiger partial charge in [0.2, 0.25) is 26.9 Å². The van der Waals surface area contributed by atoms with Gasteiger partial charge in [-0.15, -0.1) is 0 Å². The third-order valence-electron chi connectivity index (χ3n) is 20.0. The fourth-order valence-corrected chi connectivity index (χ4v) is 17.7. The second-order valence-electron chi connectivity index (χ2n) is 28.4. The second-order valence-corrected chi connectivity index (χ2v) is 28.4. The average molecular weight is 1160 g/mol. The summed E-state index contributed by atoms with van der Waals surface area (Å²) >= 11 is 0. The van der Waals surface area contributed by atoms with E-state index in [1.165, 1.54) is 210 Å². The summed E-state index contributed by atoms with van der Waals surface area (Å²) in [6, 6.07) is 54.6. The molecule has 0 spiro atoms. The molecule has 0 aliphatic carbocycles. The van der Waals surface area contributed by atoms with Crippen molar-refractivity contribution in [2.24, 2.45) is 0 Å². The molecular formula is C85H96B4. The van der Waals surface area contributed by atoms with Gasteiger partial charge in [0.05, 0.1) is 0 Å². The molecule has 0 aromatic heterocycles. The van der Waals surface area contributed by atoms with E-state index >= 15 is 0 Å². The predicted molar refractivity (Wildman–Crippen MR) is 400 cm³/mol. The Balaban J connectivity index is 1.38. The number of hydrogen-bond acceptors (Lipinski definition) is 0. The highest BCUT2D eigenvalue weighted by Gasteiger charge is 2.36. The molecule has 4 heteroatoms. The van der Waals surface area contributed by atoms with Crippen LogP contribution in [0.25, 0.3) is 0 Å². The molecule has 0 nitrogen and oxygen atoms in total. The molecule has 10 aromatic rings. The first-order chi connectivity index (χ1) is 42.0. The van der Waals surface area contributed by atoms with Crippen LogP contribution in [0.15, 0.2) is 133 Å². The molecule has 89 heavy (non-hydrogen) atoms. The topological polar surface area (TPSA) is 0 Å². The van der Waals surface area contributed by atoms with E-state index in [9.17, 15) is 0 Å². The van der Waals surface area contributed by atoms with E-state index in [4.69, 9.17) is 0 Å². The van der Waals surface area contributed by atoms with Crippen LogP contribution in [0.3, 0.4) is 0 Å².